The van der Waals surface area contributed by atoms with Crippen molar-refractivity contribution in [1.29, 1.82) is 0 Å². The van der Waals surface area contributed by atoms with Crippen LogP contribution < -0.4 is 0 Å². The Morgan fingerprint density at radius 1 is 0.902 bits per heavy atom. The average Bonchev–Trinajstić information content (AvgIpc) is 3.30. The molecule has 1 heterocycles. The Hall–Kier alpha value is -0.500. The Morgan fingerprint density at radius 2 is 1.59 bits per heavy atom. The van der Waals surface area contributed by atoms with E-state index in [1.807, 2.05) is 0 Å². The monoisotopic (exact) mass is 576 g/mol. The molecule has 1 aliphatic heterocycles. The van der Waals surface area contributed by atoms with Gasteiger partial charge in [-0.1, -0.05) is 73.0 Å². The number of ether oxygens (including phenoxy) is 2. The van der Waals surface area contributed by atoms with Gasteiger partial charge in [0, 0.05) is 0 Å². The average molecular weight is 577 g/mol. The Balaban J connectivity index is 1.27. The van der Waals surface area contributed by atoms with Crippen LogP contribution in [-0.4, -0.2) is 63.8 Å². The molecule has 4 fully saturated rings. The zero-order valence-corrected chi connectivity index (χ0v) is 26.8. The third kappa shape index (κ3) is 5.50. The van der Waals surface area contributed by atoms with Crippen LogP contribution in [0.15, 0.2) is 11.6 Å². The van der Waals surface area contributed by atoms with E-state index in [1.165, 1.54) is 38.5 Å². The van der Waals surface area contributed by atoms with Gasteiger partial charge < -0.3 is 29.9 Å². The lowest BCUT2D eigenvalue weighted by Gasteiger charge is -2.60. The van der Waals surface area contributed by atoms with Crippen LogP contribution in [-0.2, 0) is 9.47 Å². The highest BCUT2D eigenvalue weighted by Gasteiger charge is 2.59. The molecule has 0 aromatic heterocycles. The SMILES string of the molecule is CC(C)C(C)CC[C@@H](C)[C@H]1CC[C@H]2C3=CCC4C(C)C(OC5O[C@@H](CO)[C@H](O)[C@@H](O)[C@@H]5O)CC[C@]4(C)[C@H]3CC[C@]12C. The number of aliphatic hydroxyl groups excluding tert-OH is 4. The van der Waals surface area contributed by atoms with E-state index in [-0.39, 0.29) is 17.4 Å². The Labute approximate surface area is 249 Å². The van der Waals surface area contributed by atoms with Crippen molar-refractivity contribution < 1.29 is 29.9 Å². The van der Waals surface area contributed by atoms with E-state index in [2.05, 4.69) is 54.5 Å². The van der Waals surface area contributed by atoms with Crippen LogP contribution in [0.5, 0.6) is 0 Å². The van der Waals surface area contributed by atoms with Crippen molar-refractivity contribution in [2.45, 2.75) is 143 Å². The molecule has 4 aliphatic carbocycles. The molecule has 41 heavy (non-hydrogen) atoms. The van der Waals surface area contributed by atoms with Crippen molar-refractivity contribution in [3.8, 4) is 0 Å². The lowest BCUT2D eigenvalue weighted by molar-refractivity contribution is -0.320. The highest BCUT2D eigenvalue weighted by atomic mass is 16.7. The third-order valence-electron chi connectivity index (χ3n) is 13.7. The lowest BCUT2D eigenvalue weighted by Crippen LogP contribution is -2.60. The van der Waals surface area contributed by atoms with Crippen molar-refractivity contribution in [2.24, 2.45) is 58.2 Å². The number of aliphatic hydroxyl groups is 4. The Kier molecular flexibility index (Phi) is 9.43. The maximum absolute atomic E-state index is 10.6. The summed E-state index contributed by atoms with van der Waals surface area (Å²) in [7, 11) is 0. The van der Waals surface area contributed by atoms with Gasteiger partial charge in [-0.25, -0.2) is 0 Å². The van der Waals surface area contributed by atoms with E-state index in [1.54, 1.807) is 5.57 Å². The molecule has 0 amide bonds. The highest BCUT2D eigenvalue weighted by Crippen LogP contribution is 2.67. The maximum Gasteiger partial charge on any atom is 0.186 e. The van der Waals surface area contributed by atoms with Crippen molar-refractivity contribution in [1.82, 2.24) is 0 Å². The van der Waals surface area contributed by atoms with Crippen LogP contribution in [0.2, 0.25) is 0 Å². The molecule has 0 spiro atoms. The minimum atomic E-state index is -1.40. The fourth-order valence-corrected chi connectivity index (χ4v) is 10.5. The van der Waals surface area contributed by atoms with Crippen LogP contribution in [0.3, 0.4) is 0 Å². The van der Waals surface area contributed by atoms with Crippen LogP contribution in [0.25, 0.3) is 0 Å². The van der Waals surface area contributed by atoms with E-state index >= 15 is 0 Å². The minimum Gasteiger partial charge on any atom is -0.394 e. The van der Waals surface area contributed by atoms with Gasteiger partial charge >= 0.3 is 0 Å². The molecule has 236 valence electrons. The summed E-state index contributed by atoms with van der Waals surface area (Å²) < 4.78 is 12.1. The summed E-state index contributed by atoms with van der Waals surface area (Å²) in [6.45, 7) is 16.7. The molecule has 15 atom stereocenters. The second-order valence-electron chi connectivity index (χ2n) is 15.9. The summed E-state index contributed by atoms with van der Waals surface area (Å²) >= 11 is 0. The van der Waals surface area contributed by atoms with Crippen molar-refractivity contribution in [3.05, 3.63) is 11.6 Å². The Bertz CT molecular complexity index is 934. The van der Waals surface area contributed by atoms with E-state index < -0.39 is 37.3 Å². The van der Waals surface area contributed by atoms with Crippen LogP contribution in [0, 0.1) is 58.2 Å². The molecular weight excluding hydrogens is 516 g/mol. The number of fused-ring (bicyclic) bond motifs is 5. The standard InChI is InChI=1S/C35H60O6/c1-19(2)20(3)8-9-21(4)24-12-13-26-23-10-11-25-22(5)28(15-17-35(25,7)27(23)14-16-34(24,26)6)40-33-32(39)31(38)30(37)29(18-36)41-33/h10,19-22,24-33,36-39H,8-9,11-18H2,1-7H3/t20?,21-,22?,24-,25?,26+,27+,28?,29+,30+,31-,32+,33?,34-,35+/m1/s1. The quantitative estimate of drug-likeness (QED) is 0.277. The normalized spacial score (nSPS) is 49.6. The number of hydrogen-bond acceptors (Lipinski definition) is 6. The smallest absolute Gasteiger partial charge is 0.186 e. The first-order valence-corrected chi connectivity index (χ1v) is 17.0. The molecule has 6 heteroatoms. The molecule has 1 saturated heterocycles. The Morgan fingerprint density at radius 3 is 2.27 bits per heavy atom. The first-order valence-electron chi connectivity index (χ1n) is 17.0. The minimum absolute atomic E-state index is 0.0942. The first kappa shape index (κ1) is 31.9. The highest BCUT2D eigenvalue weighted by molar-refractivity contribution is 5.28. The van der Waals surface area contributed by atoms with Gasteiger partial charge in [-0.3, -0.25) is 0 Å². The summed E-state index contributed by atoms with van der Waals surface area (Å²) in [6, 6.07) is 0. The van der Waals surface area contributed by atoms with Gasteiger partial charge in [0.1, 0.15) is 24.4 Å². The lowest BCUT2D eigenvalue weighted by atomic mass is 9.46. The largest absolute Gasteiger partial charge is 0.394 e. The van der Waals surface area contributed by atoms with E-state index in [4.69, 9.17) is 9.47 Å². The fourth-order valence-electron chi connectivity index (χ4n) is 10.5. The van der Waals surface area contributed by atoms with Crippen molar-refractivity contribution in [3.63, 3.8) is 0 Å². The molecule has 0 bridgehead atoms. The van der Waals surface area contributed by atoms with Gasteiger partial charge in [-0.15, -0.1) is 0 Å². The van der Waals surface area contributed by atoms with E-state index in [0.29, 0.717) is 17.3 Å². The van der Waals surface area contributed by atoms with Crippen molar-refractivity contribution in [2.75, 3.05) is 6.61 Å². The summed E-state index contributed by atoms with van der Waals surface area (Å²) in [5.41, 5.74) is 2.46. The van der Waals surface area contributed by atoms with Crippen LogP contribution in [0.4, 0.5) is 0 Å². The van der Waals surface area contributed by atoms with Gasteiger partial charge in [-0.2, -0.15) is 0 Å². The molecule has 3 saturated carbocycles. The predicted octanol–water partition coefficient (Wildman–Crippen LogP) is 5.70. The van der Waals surface area contributed by atoms with Crippen molar-refractivity contribution >= 4 is 0 Å². The van der Waals surface area contributed by atoms with Gasteiger partial charge in [0.2, 0.25) is 0 Å². The maximum atomic E-state index is 10.6. The predicted molar refractivity (Wildman–Crippen MR) is 161 cm³/mol. The zero-order chi connectivity index (χ0) is 29.9. The summed E-state index contributed by atoms with van der Waals surface area (Å²) in [4.78, 5) is 0. The fraction of sp³-hybridized carbons (Fsp3) is 0.943. The van der Waals surface area contributed by atoms with Gasteiger partial charge in [0.05, 0.1) is 12.7 Å². The topological polar surface area (TPSA) is 99.4 Å². The zero-order valence-electron chi connectivity index (χ0n) is 26.8. The molecule has 5 aliphatic rings. The summed E-state index contributed by atoms with van der Waals surface area (Å²) in [5.74, 6) is 5.36. The third-order valence-corrected chi connectivity index (χ3v) is 13.7. The number of hydrogen-bond donors (Lipinski definition) is 4. The second-order valence-corrected chi connectivity index (χ2v) is 15.9. The molecule has 6 nitrogen and oxygen atoms in total. The number of allylic oxidation sites excluding steroid dienone is 2. The molecular formula is C35H60O6. The molecule has 0 aromatic carbocycles. The summed E-state index contributed by atoms with van der Waals surface area (Å²) in [5, 5.41) is 40.6. The van der Waals surface area contributed by atoms with Gasteiger partial charge in [0.25, 0.3) is 0 Å². The molecule has 0 aromatic rings. The molecule has 0 radical (unpaired) electrons. The molecule has 4 N–H and O–H groups in total. The second kappa shape index (κ2) is 12.1. The summed E-state index contributed by atoms with van der Waals surface area (Å²) in [6.07, 6.45) is 7.61. The van der Waals surface area contributed by atoms with Gasteiger partial charge in [-0.05, 0) is 103 Å². The molecule has 5 rings (SSSR count). The van der Waals surface area contributed by atoms with Crippen LogP contribution in [0.1, 0.15) is 106 Å². The van der Waals surface area contributed by atoms with E-state index in [9.17, 15) is 20.4 Å². The molecule has 5 unspecified atom stereocenters. The van der Waals surface area contributed by atoms with Gasteiger partial charge in [0.15, 0.2) is 6.29 Å². The van der Waals surface area contributed by atoms with Crippen LogP contribution >= 0.6 is 0 Å². The first-order chi connectivity index (χ1) is 19.3. The number of rotatable bonds is 8. The van der Waals surface area contributed by atoms with E-state index in [0.717, 1.165) is 48.9 Å².